The third-order valence-electron chi connectivity index (χ3n) is 5.84. The molecule has 0 fully saturated rings. The fraction of sp³-hybridized carbons (Fsp3) is 0.111. The quantitative estimate of drug-likeness (QED) is 0.401. The zero-order valence-electron chi connectivity index (χ0n) is 16.2. The van der Waals surface area contributed by atoms with E-state index in [9.17, 15) is 0 Å². The molecule has 0 unspecified atom stereocenters. The molecule has 0 spiro atoms. The molecule has 1 heteroatoms. The number of fused-ring (bicyclic) bond motifs is 3. The molecule has 0 saturated heterocycles. The number of hydrogen-bond donors (Lipinski definition) is 1. The van der Waals surface area contributed by atoms with Crippen LogP contribution in [0.25, 0.3) is 22.3 Å². The van der Waals surface area contributed by atoms with Gasteiger partial charge in [0.05, 0.1) is 0 Å². The van der Waals surface area contributed by atoms with Crippen LogP contribution >= 0.6 is 0 Å². The van der Waals surface area contributed by atoms with Crippen LogP contribution in [-0.2, 0) is 5.41 Å². The Hall–Kier alpha value is -3.32. The van der Waals surface area contributed by atoms with Crippen molar-refractivity contribution in [3.63, 3.8) is 0 Å². The van der Waals surface area contributed by atoms with E-state index in [4.69, 9.17) is 0 Å². The Morgan fingerprint density at radius 3 is 1.93 bits per heavy atom. The van der Waals surface area contributed by atoms with Gasteiger partial charge in [0, 0.05) is 16.8 Å². The van der Waals surface area contributed by atoms with E-state index < -0.39 is 0 Å². The molecule has 5 rings (SSSR count). The van der Waals surface area contributed by atoms with Crippen LogP contribution in [0.3, 0.4) is 0 Å². The van der Waals surface area contributed by atoms with Gasteiger partial charge in [-0.3, -0.25) is 0 Å². The summed E-state index contributed by atoms with van der Waals surface area (Å²) in [4.78, 5) is 0. The first-order valence-corrected chi connectivity index (χ1v) is 9.80. The molecule has 28 heavy (non-hydrogen) atoms. The molecule has 1 nitrogen and oxygen atoms in total. The summed E-state index contributed by atoms with van der Waals surface area (Å²) in [7, 11) is 0. The van der Waals surface area contributed by atoms with E-state index in [2.05, 4.69) is 98.0 Å². The summed E-state index contributed by atoms with van der Waals surface area (Å²) < 4.78 is 0. The summed E-state index contributed by atoms with van der Waals surface area (Å²) in [5, 5.41) is 3.47. The topological polar surface area (TPSA) is 12.0 Å². The summed E-state index contributed by atoms with van der Waals surface area (Å²) in [6.45, 7) is 4.68. The molecule has 0 saturated carbocycles. The summed E-state index contributed by atoms with van der Waals surface area (Å²) >= 11 is 0. The summed E-state index contributed by atoms with van der Waals surface area (Å²) in [6.07, 6.45) is 0. The summed E-state index contributed by atoms with van der Waals surface area (Å²) in [6, 6.07) is 34.6. The molecule has 0 bridgehead atoms. The van der Waals surface area contributed by atoms with Gasteiger partial charge < -0.3 is 5.32 Å². The Morgan fingerprint density at radius 1 is 0.536 bits per heavy atom. The first-order valence-electron chi connectivity index (χ1n) is 9.80. The van der Waals surface area contributed by atoms with Crippen molar-refractivity contribution in [2.24, 2.45) is 0 Å². The van der Waals surface area contributed by atoms with Crippen molar-refractivity contribution in [2.45, 2.75) is 19.3 Å². The molecule has 1 aliphatic carbocycles. The number of nitrogens with one attached hydrogen (secondary N) is 1. The Labute approximate surface area is 166 Å². The number of anilines is 2. The molecular weight excluding hydrogens is 338 g/mol. The van der Waals surface area contributed by atoms with Gasteiger partial charge in [0.1, 0.15) is 0 Å². The van der Waals surface area contributed by atoms with Crippen molar-refractivity contribution in [1.29, 1.82) is 0 Å². The highest BCUT2D eigenvalue weighted by molar-refractivity contribution is 5.88. The SMILES string of the molecule is CC1(C)c2ccccc2-c2cccc(-c3ccc(Nc4ccccc4)cc3)c21. The zero-order chi connectivity index (χ0) is 19.1. The lowest BCUT2D eigenvalue weighted by atomic mass is 9.79. The molecule has 0 radical (unpaired) electrons. The average Bonchev–Trinajstić information content (AvgIpc) is 2.97. The second-order valence-electron chi connectivity index (χ2n) is 7.97. The average molecular weight is 361 g/mol. The first-order chi connectivity index (χ1) is 13.6. The van der Waals surface area contributed by atoms with Gasteiger partial charge in [-0.1, -0.05) is 86.6 Å². The van der Waals surface area contributed by atoms with E-state index in [-0.39, 0.29) is 5.41 Å². The van der Waals surface area contributed by atoms with E-state index in [0.717, 1.165) is 11.4 Å². The molecule has 1 N–H and O–H groups in total. The van der Waals surface area contributed by atoms with E-state index >= 15 is 0 Å². The maximum Gasteiger partial charge on any atom is 0.0384 e. The van der Waals surface area contributed by atoms with Crippen molar-refractivity contribution in [3.8, 4) is 22.3 Å². The smallest absolute Gasteiger partial charge is 0.0384 e. The van der Waals surface area contributed by atoms with Gasteiger partial charge in [0.15, 0.2) is 0 Å². The minimum Gasteiger partial charge on any atom is -0.356 e. The van der Waals surface area contributed by atoms with E-state index in [1.165, 1.54) is 33.4 Å². The molecule has 1 aliphatic rings. The van der Waals surface area contributed by atoms with E-state index in [1.54, 1.807) is 0 Å². The number of hydrogen-bond acceptors (Lipinski definition) is 1. The van der Waals surface area contributed by atoms with Crippen LogP contribution in [0.2, 0.25) is 0 Å². The van der Waals surface area contributed by atoms with Gasteiger partial charge in [0.25, 0.3) is 0 Å². The highest BCUT2D eigenvalue weighted by Gasteiger charge is 2.37. The predicted molar refractivity (Wildman–Crippen MR) is 119 cm³/mol. The molecule has 4 aromatic carbocycles. The second kappa shape index (κ2) is 6.38. The largest absolute Gasteiger partial charge is 0.356 e. The van der Waals surface area contributed by atoms with Crippen LogP contribution in [-0.4, -0.2) is 0 Å². The molecule has 0 atom stereocenters. The second-order valence-corrected chi connectivity index (χ2v) is 7.97. The number of benzene rings is 4. The fourth-order valence-electron chi connectivity index (χ4n) is 4.51. The fourth-order valence-corrected chi connectivity index (χ4v) is 4.51. The highest BCUT2D eigenvalue weighted by Crippen LogP contribution is 2.51. The monoisotopic (exact) mass is 361 g/mol. The van der Waals surface area contributed by atoms with Crippen molar-refractivity contribution in [1.82, 2.24) is 0 Å². The normalized spacial score (nSPS) is 13.6. The van der Waals surface area contributed by atoms with Crippen LogP contribution in [0, 0.1) is 0 Å². The van der Waals surface area contributed by atoms with Gasteiger partial charge in [-0.15, -0.1) is 0 Å². The molecule has 4 aromatic rings. The molecule has 0 aliphatic heterocycles. The van der Waals surface area contributed by atoms with E-state index in [0.29, 0.717) is 0 Å². The van der Waals surface area contributed by atoms with Crippen LogP contribution in [0.4, 0.5) is 11.4 Å². The van der Waals surface area contributed by atoms with Gasteiger partial charge >= 0.3 is 0 Å². The van der Waals surface area contributed by atoms with Crippen molar-refractivity contribution < 1.29 is 0 Å². The Kier molecular flexibility index (Phi) is 3.84. The Balaban J connectivity index is 1.55. The van der Waals surface area contributed by atoms with Gasteiger partial charge in [-0.05, 0) is 57.6 Å². The van der Waals surface area contributed by atoms with Crippen LogP contribution < -0.4 is 5.32 Å². The van der Waals surface area contributed by atoms with Gasteiger partial charge in [0.2, 0.25) is 0 Å². The first kappa shape index (κ1) is 16.8. The summed E-state index contributed by atoms with van der Waals surface area (Å²) in [5.74, 6) is 0. The lowest BCUT2D eigenvalue weighted by Gasteiger charge is -2.24. The Bertz CT molecular complexity index is 1140. The van der Waals surface area contributed by atoms with E-state index in [1.807, 2.05) is 18.2 Å². The van der Waals surface area contributed by atoms with Crippen LogP contribution in [0.1, 0.15) is 25.0 Å². The number of rotatable bonds is 3. The molecule has 0 amide bonds. The van der Waals surface area contributed by atoms with Crippen LogP contribution in [0.5, 0.6) is 0 Å². The van der Waals surface area contributed by atoms with Gasteiger partial charge in [-0.2, -0.15) is 0 Å². The third-order valence-corrected chi connectivity index (χ3v) is 5.84. The van der Waals surface area contributed by atoms with Gasteiger partial charge in [-0.25, -0.2) is 0 Å². The standard InChI is InChI=1S/C27H23N/c1-27(2)25-14-7-6-11-23(25)24-13-8-12-22(26(24)27)19-15-17-21(18-16-19)28-20-9-4-3-5-10-20/h3-18,28H,1-2H3. The lowest BCUT2D eigenvalue weighted by molar-refractivity contribution is 0.662. The lowest BCUT2D eigenvalue weighted by Crippen LogP contribution is -2.16. The highest BCUT2D eigenvalue weighted by atomic mass is 14.9. The van der Waals surface area contributed by atoms with Crippen LogP contribution in [0.15, 0.2) is 97.1 Å². The molecule has 0 aromatic heterocycles. The minimum absolute atomic E-state index is 0.00345. The number of para-hydroxylation sites is 1. The summed E-state index contributed by atoms with van der Waals surface area (Å²) in [5.41, 5.74) is 10.4. The van der Waals surface area contributed by atoms with Crippen molar-refractivity contribution in [3.05, 3.63) is 108 Å². The maximum absolute atomic E-state index is 3.47. The maximum atomic E-state index is 3.47. The third kappa shape index (κ3) is 2.63. The Morgan fingerprint density at radius 2 is 1.14 bits per heavy atom. The molecule has 136 valence electrons. The molecule has 0 heterocycles. The zero-order valence-corrected chi connectivity index (χ0v) is 16.2. The predicted octanol–water partition coefficient (Wildman–Crippen LogP) is 7.40. The molecular formula is C27H23N. The minimum atomic E-state index is 0.00345. The van der Waals surface area contributed by atoms with Crippen molar-refractivity contribution in [2.75, 3.05) is 5.32 Å². The van der Waals surface area contributed by atoms with Crippen molar-refractivity contribution >= 4 is 11.4 Å².